The number of aromatic nitrogens is 2. The molecule has 0 aromatic carbocycles. The summed E-state index contributed by atoms with van der Waals surface area (Å²) in [5.41, 5.74) is 1.62. The standard InChI is InChI=1S/C21H23N5O/c22-12-17-5-6-19(24-13-17)25-11-3-8-21(15-25)9-7-20(27)26(16-21)14-18-4-1-2-10-23-18/h1-2,4-6,10,13H,3,7-9,11,14-16H2/t21-/m1/s1. The topological polar surface area (TPSA) is 73.1 Å². The second-order valence-electron chi connectivity index (χ2n) is 7.61. The summed E-state index contributed by atoms with van der Waals surface area (Å²) in [5.74, 6) is 1.14. The minimum absolute atomic E-state index is 0.108. The first-order valence-corrected chi connectivity index (χ1v) is 9.46. The third-order valence-corrected chi connectivity index (χ3v) is 5.69. The van der Waals surface area contributed by atoms with E-state index in [0.29, 0.717) is 18.5 Å². The molecular formula is C21H23N5O. The Morgan fingerprint density at radius 2 is 2.07 bits per heavy atom. The van der Waals surface area contributed by atoms with Gasteiger partial charge in [-0.3, -0.25) is 9.78 Å². The van der Waals surface area contributed by atoms with E-state index in [9.17, 15) is 4.79 Å². The number of amides is 1. The summed E-state index contributed by atoms with van der Waals surface area (Å²) in [7, 11) is 0. The summed E-state index contributed by atoms with van der Waals surface area (Å²) < 4.78 is 0. The second-order valence-corrected chi connectivity index (χ2v) is 7.61. The highest BCUT2D eigenvalue weighted by molar-refractivity contribution is 5.77. The van der Waals surface area contributed by atoms with Crippen molar-refractivity contribution in [1.29, 1.82) is 5.26 Å². The van der Waals surface area contributed by atoms with Gasteiger partial charge < -0.3 is 9.80 Å². The fourth-order valence-corrected chi connectivity index (χ4v) is 4.31. The molecule has 6 nitrogen and oxygen atoms in total. The van der Waals surface area contributed by atoms with Crippen molar-refractivity contribution in [2.45, 2.75) is 32.2 Å². The van der Waals surface area contributed by atoms with Crippen LogP contribution in [0.5, 0.6) is 0 Å². The minimum Gasteiger partial charge on any atom is -0.356 e. The summed E-state index contributed by atoms with van der Waals surface area (Å²) in [4.78, 5) is 25.6. The van der Waals surface area contributed by atoms with Crippen LogP contribution in [0.15, 0.2) is 42.7 Å². The molecule has 0 radical (unpaired) electrons. The van der Waals surface area contributed by atoms with E-state index in [1.807, 2.05) is 35.2 Å². The van der Waals surface area contributed by atoms with Crippen LogP contribution in [0.2, 0.25) is 0 Å². The number of anilines is 1. The van der Waals surface area contributed by atoms with Crippen LogP contribution in [-0.4, -0.2) is 40.4 Å². The highest BCUT2D eigenvalue weighted by Gasteiger charge is 2.42. The van der Waals surface area contributed by atoms with Gasteiger partial charge in [0, 0.05) is 43.9 Å². The molecule has 2 aromatic heterocycles. The lowest BCUT2D eigenvalue weighted by Crippen LogP contribution is -2.54. The molecule has 2 saturated heterocycles. The van der Waals surface area contributed by atoms with Crippen molar-refractivity contribution in [3.05, 3.63) is 54.0 Å². The first kappa shape index (κ1) is 17.5. The third-order valence-electron chi connectivity index (χ3n) is 5.69. The van der Waals surface area contributed by atoms with Gasteiger partial charge in [-0.15, -0.1) is 0 Å². The number of hydrogen-bond acceptors (Lipinski definition) is 5. The lowest BCUT2D eigenvalue weighted by atomic mass is 9.73. The van der Waals surface area contributed by atoms with E-state index in [1.54, 1.807) is 12.4 Å². The number of carbonyl (C=O) groups excluding carboxylic acids is 1. The van der Waals surface area contributed by atoms with Gasteiger partial charge in [0.05, 0.1) is 17.8 Å². The summed E-state index contributed by atoms with van der Waals surface area (Å²) in [6.07, 6.45) is 7.16. The average molecular weight is 361 g/mol. The van der Waals surface area contributed by atoms with E-state index in [-0.39, 0.29) is 11.3 Å². The molecule has 138 valence electrons. The van der Waals surface area contributed by atoms with Crippen molar-refractivity contribution in [2.75, 3.05) is 24.5 Å². The van der Waals surface area contributed by atoms with Crippen molar-refractivity contribution in [3.63, 3.8) is 0 Å². The first-order valence-electron chi connectivity index (χ1n) is 9.46. The fourth-order valence-electron chi connectivity index (χ4n) is 4.31. The van der Waals surface area contributed by atoms with E-state index in [1.165, 1.54) is 0 Å². The quantitative estimate of drug-likeness (QED) is 0.840. The van der Waals surface area contributed by atoms with Crippen LogP contribution in [0.3, 0.4) is 0 Å². The number of rotatable bonds is 3. The molecule has 0 bridgehead atoms. The van der Waals surface area contributed by atoms with Crippen LogP contribution < -0.4 is 4.90 Å². The number of carbonyl (C=O) groups is 1. The molecule has 2 fully saturated rings. The molecule has 0 N–H and O–H groups in total. The molecule has 1 spiro atoms. The smallest absolute Gasteiger partial charge is 0.222 e. The molecule has 0 aliphatic carbocycles. The van der Waals surface area contributed by atoms with Crippen molar-refractivity contribution < 1.29 is 4.79 Å². The first-order chi connectivity index (χ1) is 13.2. The highest BCUT2D eigenvalue weighted by Crippen LogP contribution is 2.40. The maximum atomic E-state index is 12.5. The van der Waals surface area contributed by atoms with E-state index in [4.69, 9.17) is 5.26 Å². The summed E-state index contributed by atoms with van der Waals surface area (Å²) >= 11 is 0. The number of nitrogens with zero attached hydrogens (tertiary/aromatic N) is 5. The van der Waals surface area contributed by atoms with Crippen molar-refractivity contribution in [3.8, 4) is 6.07 Å². The van der Waals surface area contributed by atoms with Gasteiger partial charge in [-0.1, -0.05) is 6.07 Å². The summed E-state index contributed by atoms with van der Waals surface area (Å²) in [6.45, 7) is 3.22. The minimum atomic E-state index is 0.108. The monoisotopic (exact) mass is 361 g/mol. The van der Waals surface area contributed by atoms with Gasteiger partial charge in [0.2, 0.25) is 5.91 Å². The summed E-state index contributed by atoms with van der Waals surface area (Å²) in [6, 6.07) is 11.7. The third kappa shape index (κ3) is 3.77. The molecule has 1 amide bonds. The van der Waals surface area contributed by atoms with Crippen molar-refractivity contribution in [1.82, 2.24) is 14.9 Å². The number of likely N-dealkylation sites (tertiary alicyclic amines) is 1. The zero-order valence-corrected chi connectivity index (χ0v) is 15.3. The Kier molecular flexibility index (Phi) is 4.76. The van der Waals surface area contributed by atoms with E-state index in [2.05, 4.69) is 20.9 Å². The number of pyridine rings is 2. The molecule has 2 aliphatic rings. The molecule has 0 saturated carbocycles. The van der Waals surface area contributed by atoms with Gasteiger partial charge in [0.25, 0.3) is 0 Å². The van der Waals surface area contributed by atoms with E-state index >= 15 is 0 Å². The Morgan fingerprint density at radius 3 is 2.81 bits per heavy atom. The molecule has 2 aromatic rings. The second kappa shape index (κ2) is 7.36. The SMILES string of the molecule is N#Cc1ccc(N2CCC[C@@]3(CCC(=O)N(Cc4ccccn4)C3)C2)nc1. The Balaban J connectivity index is 1.49. The molecule has 27 heavy (non-hydrogen) atoms. The van der Waals surface area contributed by atoms with Crippen LogP contribution in [0.25, 0.3) is 0 Å². The maximum Gasteiger partial charge on any atom is 0.222 e. The zero-order chi connectivity index (χ0) is 18.7. The predicted octanol–water partition coefficient (Wildman–Crippen LogP) is 2.76. The Hall–Kier alpha value is -2.94. The van der Waals surface area contributed by atoms with Gasteiger partial charge in [0.15, 0.2) is 0 Å². The number of hydrogen-bond donors (Lipinski definition) is 0. The maximum absolute atomic E-state index is 12.5. The van der Waals surface area contributed by atoms with Crippen LogP contribution in [0.1, 0.15) is 36.9 Å². The number of nitriles is 1. The molecule has 2 aliphatic heterocycles. The van der Waals surface area contributed by atoms with Gasteiger partial charge in [-0.25, -0.2) is 4.98 Å². The molecule has 4 rings (SSSR count). The largest absolute Gasteiger partial charge is 0.356 e. The summed E-state index contributed by atoms with van der Waals surface area (Å²) in [5, 5.41) is 8.97. The Bertz CT molecular complexity index is 845. The van der Waals surface area contributed by atoms with Crippen LogP contribution in [0.4, 0.5) is 5.82 Å². The lowest BCUT2D eigenvalue weighted by Gasteiger charge is -2.48. The van der Waals surface area contributed by atoms with Crippen LogP contribution in [0, 0.1) is 16.7 Å². The van der Waals surface area contributed by atoms with Gasteiger partial charge >= 0.3 is 0 Å². The number of piperidine rings is 2. The van der Waals surface area contributed by atoms with Gasteiger partial charge in [-0.05, 0) is 43.5 Å². The molecule has 6 heteroatoms. The van der Waals surface area contributed by atoms with E-state index in [0.717, 1.165) is 50.4 Å². The molecule has 4 heterocycles. The van der Waals surface area contributed by atoms with Crippen molar-refractivity contribution in [2.24, 2.45) is 5.41 Å². The van der Waals surface area contributed by atoms with E-state index < -0.39 is 0 Å². The Morgan fingerprint density at radius 1 is 1.15 bits per heavy atom. The fraction of sp³-hybridized carbons (Fsp3) is 0.429. The lowest BCUT2D eigenvalue weighted by molar-refractivity contribution is -0.138. The molecule has 0 unspecified atom stereocenters. The Labute approximate surface area is 159 Å². The normalized spacial score (nSPS) is 22.7. The predicted molar refractivity (Wildman–Crippen MR) is 102 cm³/mol. The van der Waals surface area contributed by atoms with Gasteiger partial charge in [-0.2, -0.15) is 5.26 Å². The van der Waals surface area contributed by atoms with Crippen LogP contribution >= 0.6 is 0 Å². The zero-order valence-electron chi connectivity index (χ0n) is 15.3. The highest BCUT2D eigenvalue weighted by atomic mass is 16.2. The molecular weight excluding hydrogens is 338 g/mol. The average Bonchev–Trinajstić information content (AvgIpc) is 2.72. The van der Waals surface area contributed by atoms with Crippen LogP contribution in [-0.2, 0) is 11.3 Å². The van der Waals surface area contributed by atoms with Crippen molar-refractivity contribution >= 4 is 11.7 Å². The van der Waals surface area contributed by atoms with Gasteiger partial charge in [0.1, 0.15) is 11.9 Å². The molecule has 1 atom stereocenters.